The summed E-state index contributed by atoms with van der Waals surface area (Å²) < 4.78 is 41.4. The summed E-state index contributed by atoms with van der Waals surface area (Å²) in [4.78, 5) is 48.6. The molecular formula is C35H45ClF3N7O3. The SMILES string of the molecule is Nc1c(Cl)cc(C[C@@H](CC(=O)N2CCC(N3CCc4ccccc4NC3=O)CC2)C(=O)N2CCN(C3CCNCC3)CC2)cc1C(F)(F)F. The Hall–Kier alpha value is -3.55. The highest BCUT2D eigenvalue weighted by atomic mass is 35.5. The lowest BCUT2D eigenvalue weighted by Crippen LogP contribution is -2.55. The van der Waals surface area contributed by atoms with Crippen molar-refractivity contribution < 1.29 is 27.6 Å². The highest BCUT2D eigenvalue weighted by Gasteiger charge is 2.37. The van der Waals surface area contributed by atoms with Gasteiger partial charge < -0.3 is 31.1 Å². The lowest BCUT2D eigenvalue weighted by Gasteiger charge is -2.42. The maximum Gasteiger partial charge on any atom is 0.418 e. The Morgan fingerprint density at radius 3 is 2.31 bits per heavy atom. The van der Waals surface area contributed by atoms with Gasteiger partial charge in [0.1, 0.15) is 0 Å². The van der Waals surface area contributed by atoms with Crippen molar-refractivity contribution in [1.82, 2.24) is 24.9 Å². The molecule has 0 aromatic heterocycles. The van der Waals surface area contributed by atoms with Crippen molar-refractivity contribution >= 4 is 40.8 Å². The number of anilines is 2. The third-order valence-electron chi connectivity index (χ3n) is 10.6. The minimum Gasteiger partial charge on any atom is -0.397 e. The number of nitrogen functional groups attached to an aromatic ring is 1. The molecule has 3 fully saturated rings. The van der Waals surface area contributed by atoms with E-state index < -0.39 is 23.3 Å². The van der Waals surface area contributed by atoms with Crippen LogP contribution in [0.5, 0.6) is 0 Å². The topological polar surface area (TPSA) is 114 Å². The molecule has 0 radical (unpaired) electrons. The van der Waals surface area contributed by atoms with E-state index in [1.807, 2.05) is 29.2 Å². The third-order valence-corrected chi connectivity index (χ3v) is 10.9. The normalized spacial score (nSPS) is 20.8. The minimum absolute atomic E-state index is 0.0373. The van der Waals surface area contributed by atoms with Crippen molar-refractivity contribution in [1.29, 1.82) is 0 Å². The number of hydrogen-bond donors (Lipinski definition) is 3. The number of nitrogens with two attached hydrogens (primary N) is 1. The van der Waals surface area contributed by atoms with Gasteiger partial charge in [0.15, 0.2) is 0 Å². The van der Waals surface area contributed by atoms with E-state index in [0.717, 1.165) is 49.7 Å². The van der Waals surface area contributed by atoms with Gasteiger partial charge in [-0.05, 0) is 80.9 Å². The number of halogens is 4. The Labute approximate surface area is 290 Å². The van der Waals surface area contributed by atoms with Crippen LogP contribution in [0.2, 0.25) is 5.02 Å². The van der Waals surface area contributed by atoms with Gasteiger partial charge in [-0.3, -0.25) is 14.5 Å². The van der Waals surface area contributed by atoms with Gasteiger partial charge in [-0.2, -0.15) is 13.2 Å². The number of piperidine rings is 2. The van der Waals surface area contributed by atoms with Crippen LogP contribution in [0.1, 0.15) is 48.8 Å². The van der Waals surface area contributed by atoms with E-state index in [9.17, 15) is 27.6 Å². The number of likely N-dealkylation sites (tertiary alicyclic amines) is 1. The molecule has 0 bridgehead atoms. The molecule has 0 saturated carbocycles. The van der Waals surface area contributed by atoms with Crippen LogP contribution < -0.4 is 16.4 Å². The first kappa shape index (κ1) is 35.3. The first-order valence-corrected chi connectivity index (χ1v) is 17.7. The number of alkyl halides is 3. The van der Waals surface area contributed by atoms with Crippen LogP contribution in [0, 0.1) is 5.92 Å². The fourth-order valence-electron chi connectivity index (χ4n) is 7.80. The zero-order chi connectivity index (χ0) is 34.7. The van der Waals surface area contributed by atoms with Gasteiger partial charge in [-0.1, -0.05) is 29.8 Å². The number of carbonyl (C=O) groups excluding carboxylic acids is 3. The Balaban J connectivity index is 1.12. The molecule has 49 heavy (non-hydrogen) atoms. The van der Waals surface area contributed by atoms with E-state index >= 15 is 0 Å². The first-order chi connectivity index (χ1) is 23.5. The molecule has 14 heteroatoms. The van der Waals surface area contributed by atoms with Crippen molar-refractivity contribution in [2.24, 2.45) is 5.92 Å². The van der Waals surface area contributed by atoms with Crippen LogP contribution in [-0.4, -0.2) is 108 Å². The van der Waals surface area contributed by atoms with Crippen molar-refractivity contribution in [3.8, 4) is 0 Å². The van der Waals surface area contributed by atoms with Crippen molar-refractivity contribution in [2.75, 3.05) is 70.0 Å². The number of hydrogen-bond acceptors (Lipinski definition) is 6. The van der Waals surface area contributed by atoms with Crippen LogP contribution in [0.25, 0.3) is 0 Å². The number of piperazine rings is 1. The predicted octanol–water partition coefficient (Wildman–Crippen LogP) is 4.47. The largest absolute Gasteiger partial charge is 0.418 e. The molecule has 10 nitrogen and oxygen atoms in total. The van der Waals surface area contributed by atoms with E-state index in [0.29, 0.717) is 64.7 Å². The summed E-state index contributed by atoms with van der Waals surface area (Å²) in [6.45, 7) is 5.77. The fourth-order valence-corrected chi connectivity index (χ4v) is 8.04. The Kier molecular flexibility index (Phi) is 10.9. The molecule has 1 atom stereocenters. The molecule has 0 spiro atoms. The van der Waals surface area contributed by atoms with Gasteiger partial charge in [-0.15, -0.1) is 0 Å². The van der Waals surface area contributed by atoms with E-state index in [-0.39, 0.29) is 47.3 Å². The zero-order valence-corrected chi connectivity index (χ0v) is 28.4. The third kappa shape index (κ3) is 8.26. The van der Waals surface area contributed by atoms with Crippen LogP contribution in [0.3, 0.4) is 0 Å². The average Bonchev–Trinajstić information content (AvgIpc) is 3.27. The maximum atomic E-state index is 14.1. The molecule has 266 valence electrons. The van der Waals surface area contributed by atoms with Gasteiger partial charge in [-0.25, -0.2) is 4.79 Å². The summed E-state index contributed by atoms with van der Waals surface area (Å²) >= 11 is 6.14. The van der Waals surface area contributed by atoms with Gasteiger partial charge in [0, 0.05) is 70.0 Å². The Bertz CT molecular complexity index is 1520. The summed E-state index contributed by atoms with van der Waals surface area (Å²) in [6, 6.07) is 10.3. The lowest BCUT2D eigenvalue weighted by molar-refractivity contribution is -0.143. The van der Waals surface area contributed by atoms with Crippen molar-refractivity contribution in [3.63, 3.8) is 0 Å². The van der Waals surface area contributed by atoms with Crippen LogP contribution in [0.4, 0.5) is 29.3 Å². The number of rotatable bonds is 7. The van der Waals surface area contributed by atoms with Gasteiger partial charge in [0.25, 0.3) is 0 Å². The predicted molar refractivity (Wildman–Crippen MR) is 182 cm³/mol. The fraction of sp³-hybridized carbons (Fsp3) is 0.571. The number of para-hydroxylation sites is 1. The maximum absolute atomic E-state index is 14.1. The highest BCUT2D eigenvalue weighted by Crippen LogP contribution is 2.38. The number of amides is 4. The number of nitrogens with one attached hydrogen (secondary N) is 2. The average molecular weight is 704 g/mol. The molecule has 2 aromatic carbocycles. The number of fused-ring (bicyclic) bond motifs is 1. The van der Waals surface area contributed by atoms with E-state index in [2.05, 4.69) is 15.5 Å². The Morgan fingerprint density at radius 1 is 0.918 bits per heavy atom. The molecule has 4 N–H and O–H groups in total. The lowest BCUT2D eigenvalue weighted by atomic mass is 9.91. The van der Waals surface area contributed by atoms with E-state index in [1.54, 1.807) is 9.80 Å². The molecule has 2 aromatic rings. The molecular weight excluding hydrogens is 659 g/mol. The highest BCUT2D eigenvalue weighted by molar-refractivity contribution is 6.33. The summed E-state index contributed by atoms with van der Waals surface area (Å²) in [5.41, 5.74) is 6.17. The standard InChI is InChI=1S/C35H45ClF3N7O3/c36-29-21-23(20-28(32(29)40)35(37,38)39)19-25(33(48)45-17-15-43(16-18-45)26-5-10-41-11-6-26)22-31(47)44-12-8-27(9-13-44)46-14-7-24-3-1-2-4-30(24)42-34(46)49/h1-4,20-21,25-27,41H,5-19,22,40H2,(H,42,49)/t25-/m0/s1. The second kappa shape index (κ2) is 15.1. The molecule has 4 amide bonds. The van der Waals surface area contributed by atoms with E-state index in [1.165, 1.54) is 6.07 Å². The van der Waals surface area contributed by atoms with Crippen LogP contribution in [0.15, 0.2) is 36.4 Å². The number of carbonyl (C=O) groups is 3. The molecule has 0 aliphatic carbocycles. The van der Waals surface area contributed by atoms with Crippen molar-refractivity contribution in [2.45, 2.75) is 63.2 Å². The van der Waals surface area contributed by atoms with Crippen LogP contribution >= 0.6 is 11.6 Å². The molecule has 6 rings (SSSR count). The minimum atomic E-state index is -4.72. The van der Waals surface area contributed by atoms with Crippen molar-refractivity contribution in [3.05, 3.63) is 58.1 Å². The molecule has 0 unspecified atom stereocenters. The van der Waals surface area contributed by atoms with Gasteiger partial charge in [0.2, 0.25) is 11.8 Å². The smallest absolute Gasteiger partial charge is 0.397 e. The van der Waals surface area contributed by atoms with E-state index in [4.69, 9.17) is 17.3 Å². The quantitative estimate of drug-likeness (QED) is 0.367. The molecule has 4 aliphatic heterocycles. The van der Waals surface area contributed by atoms with Crippen LogP contribution in [-0.2, 0) is 28.6 Å². The molecule has 4 heterocycles. The molecule has 3 saturated heterocycles. The molecule has 4 aliphatic rings. The summed E-state index contributed by atoms with van der Waals surface area (Å²) in [5.74, 6) is -1.34. The Morgan fingerprint density at radius 2 is 1.61 bits per heavy atom. The second-order valence-corrected chi connectivity index (χ2v) is 14.0. The monoisotopic (exact) mass is 703 g/mol. The number of benzene rings is 2. The summed E-state index contributed by atoms with van der Waals surface area (Å²) in [7, 11) is 0. The summed E-state index contributed by atoms with van der Waals surface area (Å²) in [5, 5.41) is 6.15. The number of urea groups is 1. The first-order valence-electron chi connectivity index (χ1n) is 17.3. The summed E-state index contributed by atoms with van der Waals surface area (Å²) in [6.07, 6.45) is -0.913. The van der Waals surface area contributed by atoms with Gasteiger partial charge >= 0.3 is 12.2 Å². The zero-order valence-electron chi connectivity index (χ0n) is 27.6. The number of nitrogens with zero attached hydrogens (tertiary/aromatic N) is 4. The second-order valence-electron chi connectivity index (χ2n) is 13.6. The van der Waals surface area contributed by atoms with Gasteiger partial charge in [0.05, 0.1) is 22.2 Å².